The van der Waals surface area contributed by atoms with Crippen LogP contribution in [0.15, 0.2) is 0 Å². The molecule has 118 valence electrons. The van der Waals surface area contributed by atoms with E-state index >= 15 is 0 Å². The number of nitrogens with one attached hydrogen (secondary N) is 1. The number of hydrogen-bond donors (Lipinski definition) is 1. The second-order valence-electron chi connectivity index (χ2n) is 5.49. The molecule has 5 nitrogen and oxygen atoms in total. The van der Waals surface area contributed by atoms with Crippen molar-refractivity contribution >= 4 is 21.6 Å². The van der Waals surface area contributed by atoms with Gasteiger partial charge < -0.3 is 10.1 Å². The summed E-state index contributed by atoms with van der Waals surface area (Å²) in [7, 11) is -1.07. The van der Waals surface area contributed by atoms with Gasteiger partial charge in [0.25, 0.3) is 0 Å². The average molecular weight is 322 g/mol. The van der Waals surface area contributed by atoms with Crippen LogP contribution in [0.2, 0.25) is 0 Å². The molecule has 7 heteroatoms. The van der Waals surface area contributed by atoms with Crippen LogP contribution >= 0.6 is 11.8 Å². The first-order valence-electron chi connectivity index (χ1n) is 7.40. The fourth-order valence-electron chi connectivity index (χ4n) is 2.90. The van der Waals surface area contributed by atoms with E-state index in [4.69, 9.17) is 4.74 Å². The van der Waals surface area contributed by atoms with E-state index < -0.39 is 9.84 Å². The van der Waals surface area contributed by atoms with Crippen molar-refractivity contribution in [3.63, 3.8) is 0 Å². The van der Waals surface area contributed by atoms with Crippen LogP contribution < -0.4 is 5.32 Å². The Morgan fingerprint density at radius 2 is 2.10 bits per heavy atom. The lowest BCUT2D eigenvalue weighted by Gasteiger charge is -2.36. The number of hydrogen-bond acceptors (Lipinski definition) is 6. The summed E-state index contributed by atoms with van der Waals surface area (Å²) in [5.41, 5.74) is 0. The third kappa shape index (κ3) is 4.10. The molecule has 2 aliphatic rings. The second-order valence-corrected chi connectivity index (χ2v) is 9.09. The Bertz CT molecular complexity index is 402. The Morgan fingerprint density at radius 1 is 1.35 bits per heavy atom. The highest BCUT2D eigenvalue weighted by Crippen LogP contribution is 2.25. The number of sulfone groups is 1. The lowest BCUT2D eigenvalue weighted by atomic mass is 10.2. The average Bonchev–Trinajstić information content (AvgIpc) is 2.87. The highest BCUT2D eigenvalue weighted by atomic mass is 32.2. The van der Waals surface area contributed by atoms with E-state index in [1.807, 2.05) is 7.05 Å². The van der Waals surface area contributed by atoms with E-state index in [1.165, 1.54) is 0 Å². The Kier molecular flexibility index (Phi) is 6.16. The molecule has 0 aromatic rings. The quantitative estimate of drug-likeness (QED) is 0.771. The fourth-order valence-corrected chi connectivity index (χ4v) is 5.99. The summed E-state index contributed by atoms with van der Waals surface area (Å²) in [6.07, 6.45) is 2.57. The van der Waals surface area contributed by atoms with Gasteiger partial charge >= 0.3 is 0 Å². The molecule has 0 radical (unpaired) electrons. The molecule has 2 heterocycles. The van der Waals surface area contributed by atoms with Gasteiger partial charge in [0.1, 0.15) is 5.37 Å². The molecule has 0 bridgehead atoms. The summed E-state index contributed by atoms with van der Waals surface area (Å²) in [6, 6.07) is 0. The number of nitrogens with zero attached hydrogens (tertiary/aromatic N) is 1. The van der Waals surface area contributed by atoms with E-state index in [0.29, 0.717) is 5.75 Å². The van der Waals surface area contributed by atoms with E-state index in [0.717, 1.165) is 38.2 Å². The zero-order valence-electron chi connectivity index (χ0n) is 12.4. The molecule has 1 N–H and O–H groups in total. The summed E-state index contributed by atoms with van der Waals surface area (Å²) < 4.78 is 30.4. The Balaban J connectivity index is 1.93. The molecule has 0 spiro atoms. The van der Waals surface area contributed by atoms with Crippen LogP contribution in [0, 0.1) is 0 Å². The summed E-state index contributed by atoms with van der Waals surface area (Å²) in [6.45, 7) is 4.22. The molecule has 0 saturated carbocycles. The Hall–Kier alpha value is 0.180. The van der Waals surface area contributed by atoms with E-state index in [1.54, 1.807) is 18.7 Å². The van der Waals surface area contributed by atoms with Crippen molar-refractivity contribution in [1.82, 2.24) is 10.2 Å². The predicted molar refractivity (Wildman–Crippen MR) is 84.0 cm³/mol. The van der Waals surface area contributed by atoms with Gasteiger partial charge in [0.15, 0.2) is 9.84 Å². The van der Waals surface area contributed by atoms with Gasteiger partial charge in [-0.1, -0.05) is 6.92 Å². The molecule has 2 aliphatic heterocycles. The van der Waals surface area contributed by atoms with Crippen molar-refractivity contribution in [2.45, 2.75) is 37.3 Å². The van der Waals surface area contributed by atoms with Gasteiger partial charge in [-0.3, -0.25) is 4.90 Å². The van der Waals surface area contributed by atoms with Gasteiger partial charge in [-0.15, -0.1) is 0 Å². The Labute approximate surface area is 126 Å². The van der Waals surface area contributed by atoms with E-state index in [-0.39, 0.29) is 23.3 Å². The zero-order chi connectivity index (χ0) is 14.6. The third-order valence-corrected chi connectivity index (χ3v) is 7.41. The maximum Gasteiger partial charge on any atom is 0.166 e. The number of likely N-dealkylation sites (N-methyl/N-ethyl adjacent to an activating group) is 1. The molecule has 3 atom stereocenters. The van der Waals surface area contributed by atoms with Crippen molar-refractivity contribution in [2.75, 3.05) is 43.9 Å². The van der Waals surface area contributed by atoms with Crippen LogP contribution in [0.3, 0.4) is 0 Å². The summed E-state index contributed by atoms with van der Waals surface area (Å²) in [4.78, 5) is 2.13. The minimum atomic E-state index is -3.00. The largest absolute Gasteiger partial charge is 0.372 e. The summed E-state index contributed by atoms with van der Waals surface area (Å²) in [5, 5.41) is 2.82. The standard InChI is InChI=1S/C13H26N2O3S2/c1-3-20(16,17)13-10-19-7-6-15(13)9-12-5-4-11(18-12)8-14-2/h11-14H,3-10H2,1-2H3. The monoisotopic (exact) mass is 322 g/mol. The first-order valence-corrected chi connectivity index (χ1v) is 10.3. The lowest BCUT2D eigenvalue weighted by molar-refractivity contribution is 0.0234. The van der Waals surface area contributed by atoms with Crippen molar-refractivity contribution < 1.29 is 13.2 Å². The SMILES string of the molecule is CCS(=O)(=O)C1CSCCN1CC1CCC(CNC)O1. The normalized spacial score (nSPS) is 32.6. The van der Waals surface area contributed by atoms with Crippen molar-refractivity contribution in [2.24, 2.45) is 0 Å². The lowest BCUT2D eigenvalue weighted by Crippen LogP contribution is -2.50. The fraction of sp³-hybridized carbons (Fsp3) is 1.00. The number of ether oxygens (including phenoxy) is 1. The minimum Gasteiger partial charge on any atom is -0.372 e. The zero-order valence-corrected chi connectivity index (χ0v) is 14.0. The first kappa shape index (κ1) is 16.5. The second kappa shape index (κ2) is 7.45. The molecule has 2 saturated heterocycles. The predicted octanol–water partition coefficient (Wildman–Crippen LogP) is 0.563. The van der Waals surface area contributed by atoms with Gasteiger partial charge in [0.05, 0.1) is 12.2 Å². The molecular weight excluding hydrogens is 296 g/mol. The minimum absolute atomic E-state index is 0.186. The van der Waals surface area contributed by atoms with Crippen LogP contribution in [0.1, 0.15) is 19.8 Å². The smallest absolute Gasteiger partial charge is 0.166 e. The molecule has 2 rings (SSSR count). The molecule has 0 aromatic heterocycles. The highest BCUT2D eigenvalue weighted by Gasteiger charge is 2.35. The number of rotatable bonds is 6. The van der Waals surface area contributed by atoms with Gasteiger partial charge in [0, 0.05) is 36.9 Å². The molecule has 2 fully saturated rings. The van der Waals surface area contributed by atoms with Gasteiger partial charge in [-0.05, 0) is 19.9 Å². The van der Waals surface area contributed by atoms with Crippen molar-refractivity contribution in [3.05, 3.63) is 0 Å². The molecule has 0 aromatic carbocycles. The summed E-state index contributed by atoms with van der Waals surface area (Å²) >= 11 is 1.74. The molecule has 0 amide bonds. The van der Waals surface area contributed by atoms with Crippen LogP contribution in [0.5, 0.6) is 0 Å². The van der Waals surface area contributed by atoms with Crippen molar-refractivity contribution in [1.29, 1.82) is 0 Å². The van der Waals surface area contributed by atoms with E-state index in [2.05, 4.69) is 10.2 Å². The van der Waals surface area contributed by atoms with Crippen LogP contribution in [-0.4, -0.2) is 74.8 Å². The topological polar surface area (TPSA) is 58.6 Å². The van der Waals surface area contributed by atoms with Crippen LogP contribution in [0.25, 0.3) is 0 Å². The van der Waals surface area contributed by atoms with Gasteiger partial charge in [0.2, 0.25) is 0 Å². The van der Waals surface area contributed by atoms with E-state index in [9.17, 15) is 8.42 Å². The molecule has 3 unspecified atom stereocenters. The maximum absolute atomic E-state index is 12.2. The van der Waals surface area contributed by atoms with Crippen LogP contribution in [0.4, 0.5) is 0 Å². The van der Waals surface area contributed by atoms with Gasteiger partial charge in [-0.25, -0.2) is 8.42 Å². The molecule has 0 aliphatic carbocycles. The van der Waals surface area contributed by atoms with Gasteiger partial charge in [-0.2, -0.15) is 11.8 Å². The highest BCUT2D eigenvalue weighted by molar-refractivity contribution is 8.01. The maximum atomic E-state index is 12.2. The van der Waals surface area contributed by atoms with Crippen molar-refractivity contribution in [3.8, 4) is 0 Å². The third-order valence-electron chi connectivity index (χ3n) is 4.07. The molecular formula is C13H26N2O3S2. The Morgan fingerprint density at radius 3 is 2.80 bits per heavy atom. The number of thioether (sulfide) groups is 1. The summed E-state index contributed by atoms with van der Waals surface area (Å²) in [5.74, 6) is 1.94. The van der Waals surface area contributed by atoms with Crippen LogP contribution in [-0.2, 0) is 14.6 Å². The molecule has 20 heavy (non-hydrogen) atoms. The first-order chi connectivity index (χ1) is 9.56.